The van der Waals surface area contributed by atoms with Crippen molar-refractivity contribution >= 4 is 28.3 Å². The van der Waals surface area contributed by atoms with E-state index in [1.54, 1.807) is 31.5 Å². The van der Waals surface area contributed by atoms with E-state index in [4.69, 9.17) is 4.74 Å². The number of amides is 1. The average molecular weight is 468 g/mol. The van der Waals surface area contributed by atoms with Crippen LogP contribution >= 0.6 is 0 Å². The molecule has 0 aliphatic heterocycles. The summed E-state index contributed by atoms with van der Waals surface area (Å²) in [5.74, 6) is 1.20. The number of fused-ring (bicyclic) bond motifs is 1. The van der Waals surface area contributed by atoms with Crippen molar-refractivity contribution in [1.82, 2.24) is 30.0 Å². The number of nitrogens with one attached hydrogen (secondary N) is 3. The lowest BCUT2D eigenvalue weighted by molar-refractivity contribution is 0.0739. The van der Waals surface area contributed by atoms with Crippen LogP contribution in [-0.4, -0.2) is 63.3 Å². The van der Waals surface area contributed by atoms with E-state index in [2.05, 4.69) is 30.5 Å². The van der Waals surface area contributed by atoms with Gasteiger partial charge in [0.2, 0.25) is 0 Å². The molecule has 0 spiro atoms. The molecule has 0 unspecified atom stereocenters. The zero-order valence-electron chi connectivity index (χ0n) is 19.4. The fraction of sp³-hybridized carbons (Fsp3) is 0.154. The van der Waals surface area contributed by atoms with Gasteiger partial charge in [0.1, 0.15) is 11.5 Å². The summed E-state index contributed by atoms with van der Waals surface area (Å²) in [4.78, 5) is 26.7. The third-order valence-electron chi connectivity index (χ3n) is 5.73. The SMILES string of the molecule is COCCN(C)C(=O)c1cc2ccc(-c3nccc(Nc4ccc(-c5cn[nH]c5)cc4)n3)cc2[nH]1. The van der Waals surface area contributed by atoms with Gasteiger partial charge in [-0.15, -0.1) is 0 Å². The Balaban J connectivity index is 1.34. The van der Waals surface area contributed by atoms with Crippen LogP contribution < -0.4 is 5.32 Å². The normalized spacial score (nSPS) is 11.0. The molecule has 3 aromatic heterocycles. The van der Waals surface area contributed by atoms with Crippen LogP contribution in [0.3, 0.4) is 0 Å². The van der Waals surface area contributed by atoms with Gasteiger partial charge in [-0.25, -0.2) is 9.97 Å². The Labute approximate surface area is 202 Å². The van der Waals surface area contributed by atoms with Crippen LogP contribution in [0.25, 0.3) is 33.4 Å². The number of aromatic nitrogens is 5. The number of methoxy groups -OCH3 is 1. The maximum absolute atomic E-state index is 12.7. The van der Waals surface area contributed by atoms with E-state index in [0.717, 1.165) is 33.3 Å². The van der Waals surface area contributed by atoms with Gasteiger partial charge in [-0.1, -0.05) is 24.3 Å². The number of rotatable bonds is 8. The molecule has 0 saturated carbocycles. The highest BCUT2D eigenvalue weighted by Crippen LogP contribution is 2.25. The second-order valence-electron chi connectivity index (χ2n) is 8.16. The van der Waals surface area contributed by atoms with Gasteiger partial charge in [0.25, 0.3) is 5.91 Å². The predicted molar refractivity (Wildman–Crippen MR) is 135 cm³/mol. The zero-order chi connectivity index (χ0) is 24.2. The second kappa shape index (κ2) is 9.78. The van der Waals surface area contributed by atoms with Crippen molar-refractivity contribution in [1.29, 1.82) is 0 Å². The standard InChI is InChI=1S/C26H25N7O2/c1-33(11-12-35-2)26(34)23-13-18-3-4-19(14-22(18)31-23)25-27-10-9-24(32-25)30-21-7-5-17(6-8-21)20-15-28-29-16-20/h3-10,13-16,31H,11-12H2,1-2H3,(H,28,29)(H,27,30,32). The van der Waals surface area contributed by atoms with E-state index in [0.29, 0.717) is 30.5 Å². The molecule has 9 nitrogen and oxygen atoms in total. The second-order valence-corrected chi connectivity index (χ2v) is 8.16. The van der Waals surface area contributed by atoms with Crippen molar-refractivity contribution in [2.24, 2.45) is 0 Å². The molecule has 0 radical (unpaired) electrons. The molecule has 35 heavy (non-hydrogen) atoms. The molecule has 9 heteroatoms. The van der Waals surface area contributed by atoms with Gasteiger partial charge in [-0.3, -0.25) is 9.89 Å². The van der Waals surface area contributed by atoms with Gasteiger partial charge >= 0.3 is 0 Å². The highest BCUT2D eigenvalue weighted by Gasteiger charge is 2.15. The van der Waals surface area contributed by atoms with Gasteiger partial charge in [-0.05, 0) is 35.9 Å². The number of nitrogens with zero attached hydrogens (tertiary/aromatic N) is 4. The lowest BCUT2D eigenvalue weighted by atomic mass is 10.1. The highest BCUT2D eigenvalue weighted by molar-refractivity contribution is 5.98. The van der Waals surface area contributed by atoms with E-state index >= 15 is 0 Å². The Kier molecular flexibility index (Phi) is 6.23. The minimum atomic E-state index is -0.0824. The average Bonchev–Trinajstić information content (AvgIpc) is 3.57. The number of ether oxygens (including phenoxy) is 1. The van der Waals surface area contributed by atoms with E-state index in [1.807, 2.05) is 60.8 Å². The molecular weight excluding hydrogens is 442 g/mol. The van der Waals surface area contributed by atoms with E-state index in [9.17, 15) is 4.79 Å². The first-order valence-corrected chi connectivity index (χ1v) is 11.2. The lowest BCUT2D eigenvalue weighted by Crippen LogP contribution is -2.30. The Morgan fingerprint density at radius 2 is 1.89 bits per heavy atom. The lowest BCUT2D eigenvalue weighted by Gasteiger charge is -2.15. The molecule has 5 aromatic rings. The van der Waals surface area contributed by atoms with Gasteiger partial charge in [0.15, 0.2) is 5.82 Å². The van der Waals surface area contributed by atoms with Gasteiger partial charge in [0.05, 0.1) is 12.8 Å². The number of benzene rings is 2. The molecule has 3 N–H and O–H groups in total. The quantitative estimate of drug-likeness (QED) is 0.310. The van der Waals surface area contributed by atoms with E-state index in [1.165, 1.54) is 0 Å². The zero-order valence-corrected chi connectivity index (χ0v) is 19.4. The summed E-state index contributed by atoms with van der Waals surface area (Å²) >= 11 is 0. The molecule has 0 saturated heterocycles. The van der Waals surface area contributed by atoms with Crippen molar-refractivity contribution in [3.63, 3.8) is 0 Å². The van der Waals surface area contributed by atoms with Crippen LogP contribution in [-0.2, 0) is 4.74 Å². The number of anilines is 2. The monoisotopic (exact) mass is 467 g/mol. The fourth-order valence-corrected chi connectivity index (χ4v) is 3.79. The van der Waals surface area contributed by atoms with Crippen molar-refractivity contribution < 1.29 is 9.53 Å². The molecule has 0 fully saturated rings. The van der Waals surface area contributed by atoms with Crippen LogP contribution in [0, 0.1) is 0 Å². The summed E-state index contributed by atoms with van der Waals surface area (Å²) in [5.41, 5.74) is 5.27. The smallest absolute Gasteiger partial charge is 0.270 e. The molecule has 0 atom stereocenters. The third kappa shape index (κ3) is 4.90. The summed E-state index contributed by atoms with van der Waals surface area (Å²) in [5, 5.41) is 11.1. The largest absolute Gasteiger partial charge is 0.383 e. The van der Waals surface area contributed by atoms with Gasteiger partial charge in [0, 0.05) is 60.8 Å². The highest BCUT2D eigenvalue weighted by atomic mass is 16.5. The minimum Gasteiger partial charge on any atom is -0.383 e. The Morgan fingerprint density at radius 1 is 1.06 bits per heavy atom. The first-order chi connectivity index (χ1) is 17.1. The first-order valence-electron chi connectivity index (χ1n) is 11.2. The molecule has 0 aliphatic rings. The Morgan fingerprint density at radius 3 is 2.66 bits per heavy atom. The maximum atomic E-state index is 12.7. The third-order valence-corrected chi connectivity index (χ3v) is 5.73. The van der Waals surface area contributed by atoms with Crippen LogP contribution in [0.2, 0.25) is 0 Å². The topological polar surface area (TPSA) is 112 Å². The maximum Gasteiger partial charge on any atom is 0.270 e. The minimum absolute atomic E-state index is 0.0824. The number of hydrogen-bond donors (Lipinski definition) is 3. The van der Waals surface area contributed by atoms with E-state index < -0.39 is 0 Å². The van der Waals surface area contributed by atoms with Crippen molar-refractivity contribution in [3.8, 4) is 22.5 Å². The number of carbonyl (C=O) groups is 1. The van der Waals surface area contributed by atoms with Crippen LogP contribution in [0.4, 0.5) is 11.5 Å². The van der Waals surface area contributed by atoms with Gasteiger partial charge < -0.3 is 19.9 Å². The predicted octanol–water partition coefficient (Wildman–Crippen LogP) is 4.48. The van der Waals surface area contributed by atoms with Crippen molar-refractivity contribution in [2.75, 3.05) is 32.6 Å². The summed E-state index contributed by atoms with van der Waals surface area (Å²) < 4.78 is 5.06. The molecule has 0 bridgehead atoms. The van der Waals surface area contributed by atoms with E-state index in [-0.39, 0.29) is 5.91 Å². The number of aromatic amines is 2. The summed E-state index contributed by atoms with van der Waals surface area (Å²) in [6, 6.07) is 17.6. The number of carbonyl (C=O) groups excluding carboxylic acids is 1. The number of likely N-dealkylation sites (N-methyl/N-ethyl adjacent to an activating group) is 1. The van der Waals surface area contributed by atoms with Gasteiger partial charge in [-0.2, -0.15) is 5.10 Å². The van der Waals surface area contributed by atoms with Crippen molar-refractivity contribution in [3.05, 3.63) is 78.9 Å². The molecule has 5 rings (SSSR count). The van der Waals surface area contributed by atoms with Crippen LogP contribution in [0.1, 0.15) is 10.5 Å². The molecule has 3 heterocycles. The summed E-state index contributed by atoms with van der Waals surface area (Å²) in [7, 11) is 3.38. The molecule has 2 aromatic carbocycles. The molecule has 0 aliphatic carbocycles. The number of H-pyrrole nitrogens is 2. The summed E-state index contributed by atoms with van der Waals surface area (Å²) in [6.45, 7) is 1.01. The van der Waals surface area contributed by atoms with Crippen molar-refractivity contribution in [2.45, 2.75) is 0 Å². The summed E-state index contributed by atoms with van der Waals surface area (Å²) in [6.07, 6.45) is 5.38. The molecule has 176 valence electrons. The first kappa shape index (κ1) is 22.3. The molecule has 1 amide bonds. The Hall–Kier alpha value is -4.50. The fourth-order valence-electron chi connectivity index (χ4n) is 3.79. The Bertz CT molecular complexity index is 1440. The number of hydrogen-bond acceptors (Lipinski definition) is 6. The van der Waals surface area contributed by atoms with Crippen LogP contribution in [0.5, 0.6) is 0 Å². The van der Waals surface area contributed by atoms with Crippen LogP contribution in [0.15, 0.2) is 73.2 Å². The molecular formula is C26H25N7O2.